The van der Waals surface area contributed by atoms with Crippen molar-refractivity contribution in [3.63, 3.8) is 0 Å². The number of unbranched alkanes of at least 4 members (excludes halogenated alkanes) is 5. The molecule has 13 heteroatoms. The number of methoxy groups -OCH3 is 1. The fourth-order valence-electron chi connectivity index (χ4n) is 10.5. The van der Waals surface area contributed by atoms with Crippen LogP contribution in [-0.4, -0.2) is 94.3 Å². The number of esters is 1. The Morgan fingerprint density at radius 2 is 0.619 bits per heavy atom. The van der Waals surface area contributed by atoms with E-state index in [1.807, 2.05) is 212 Å². The Hall–Kier alpha value is -6.43. The topological polar surface area (TPSA) is 128 Å². The molecule has 0 spiro atoms. The van der Waals surface area contributed by atoms with E-state index in [0.29, 0.717) is 26.2 Å². The minimum Gasteiger partial charge on any atom is -0.469 e. The number of benzene rings is 7. The SMILES string of the molecule is COC(=O)CCCCCCCCO[C@@H]1O[C@H](CO[C@@H]2O[C@H](COCc3ccccc3)[C@@H](OCc3ccccc3)[C@H](OCc3ccccc3)[C@@H]2OCc2ccccc2)[C@@H](OCc2ccccc2)[C@H](OCc2ccccc2)[C@@H]1OCc1ccccc1. The lowest BCUT2D eigenvalue weighted by Gasteiger charge is -2.48. The van der Waals surface area contributed by atoms with Crippen molar-refractivity contribution in [2.45, 2.75) is 153 Å². The molecule has 7 aromatic rings. The first-order valence-electron chi connectivity index (χ1n) is 29.7. The molecule has 7 aromatic carbocycles. The Morgan fingerprint density at radius 3 is 0.988 bits per heavy atom. The molecule has 0 unspecified atom stereocenters. The highest BCUT2D eigenvalue weighted by Gasteiger charge is 2.52. The predicted octanol–water partition coefficient (Wildman–Crippen LogP) is 13.1. The molecule has 9 rings (SSSR count). The van der Waals surface area contributed by atoms with Gasteiger partial charge in [-0.1, -0.05) is 238 Å². The van der Waals surface area contributed by atoms with Crippen molar-refractivity contribution in [3.05, 3.63) is 251 Å². The molecular formula is C71H82O13. The van der Waals surface area contributed by atoms with Crippen LogP contribution in [0.5, 0.6) is 0 Å². The molecule has 0 aliphatic carbocycles. The van der Waals surface area contributed by atoms with Gasteiger partial charge in [0.2, 0.25) is 0 Å². The van der Waals surface area contributed by atoms with Gasteiger partial charge in [0.1, 0.15) is 48.8 Å². The van der Waals surface area contributed by atoms with Gasteiger partial charge in [-0.15, -0.1) is 0 Å². The van der Waals surface area contributed by atoms with E-state index in [4.69, 9.17) is 56.8 Å². The Kier molecular flexibility index (Phi) is 26.0. The molecule has 0 saturated carbocycles. The summed E-state index contributed by atoms with van der Waals surface area (Å²) in [5.41, 5.74) is 6.95. The molecule has 2 fully saturated rings. The van der Waals surface area contributed by atoms with Gasteiger partial charge in [-0.3, -0.25) is 4.79 Å². The molecule has 0 radical (unpaired) electrons. The van der Waals surface area contributed by atoms with Crippen molar-refractivity contribution in [2.24, 2.45) is 0 Å². The molecule has 2 aliphatic rings. The van der Waals surface area contributed by atoms with E-state index in [2.05, 4.69) is 0 Å². The second-order valence-corrected chi connectivity index (χ2v) is 21.3. The van der Waals surface area contributed by atoms with E-state index in [0.717, 1.165) is 77.5 Å². The van der Waals surface area contributed by atoms with Crippen LogP contribution < -0.4 is 0 Å². The minimum atomic E-state index is -1.03. The van der Waals surface area contributed by atoms with E-state index < -0.39 is 61.4 Å². The number of rotatable bonds is 35. The summed E-state index contributed by atoms with van der Waals surface area (Å²) in [5.74, 6) is -0.173. The highest BCUT2D eigenvalue weighted by Crippen LogP contribution is 2.35. The summed E-state index contributed by atoms with van der Waals surface area (Å²) in [4.78, 5) is 11.7. The average molecular weight is 1140 g/mol. The maximum absolute atomic E-state index is 11.7. The first kappa shape index (κ1) is 62.1. The lowest BCUT2D eigenvalue weighted by Crippen LogP contribution is -2.64. The molecule has 2 heterocycles. The van der Waals surface area contributed by atoms with Crippen LogP contribution in [0.1, 0.15) is 83.9 Å². The smallest absolute Gasteiger partial charge is 0.305 e. The molecule has 0 amide bonds. The van der Waals surface area contributed by atoms with E-state index in [1.54, 1.807) is 0 Å². The molecule has 0 aromatic heterocycles. The molecule has 13 nitrogen and oxygen atoms in total. The van der Waals surface area contributed by atoms with Gasteiger partial charge in [0, 0.05) is 13.0 Å². The van der Waals surface area contributed by atoms with E-state index >= 15 is 0 Å². The van der Waals surface area contributed by atoms with Crippen LogP contribution in [0.25, 0.3) is 0 Å². The third kappa shape index (κ3) is 20.1. The van der Waals surface area contributed by atoms with Gasteiger partial charge in [-0.05, 0) is 51.8 Å². The van der Waals surface area contributed by atoms with Gasteiger partial charge in [0.05, 0.1) is 66.6 Å². The maximum atomic E-state index is 11.7. The lowest BCUT2D eigenvalue weighted by atomic mass is 9.96. The number of carbonyl (C=O) groups excluding carboxylic acids is 1. The third-order valence-electron chi connectivity index (χ3n) is 15.0. The second kappa shape index (κ2) is 35.1. The monoisotopic (exact) mass is 1140 g/mol. The third-order valence-corrected chi connectivity index (χ3v) is 15.0. The Bertz CT molecular complexity index is 2840. The zero-order valence-corrected chi connectivity index (χ0v) is 48.3. The van der Waals surface area contributed by atoms with E-state index in [9.17, 15) is 4.79 Å². The van der Waals surface area contributed by atoms with Crippen LogP contribution in [0.2, 0.25) is 0 Å². The normalized spacial score (nSPS) is 22.3. The van der Waals surface area contributed by atoms with Crippen molar-refractivity contribution < 1.29 is 61.6 Å². The summed E-state index contributed by atoms with van der Waals surface area (Å²) < 4.78 is 82.1. The van der Waals surface area contributed by atoms with Crippen molar-refractivity contribution >= 4 is 5.97 Å². The lowest BCUT2D eigenvalue weighted by molar-refractivity contribution is -0.353. The number of carbonyl (C=O) groups is 1. The first-order valence-corrected chi connectivity index (χ1v) is 29.7. The zero-order chi connectivity index (χ0) is 57.6. The summed E-state index contributed by atoms with van der Waals surface area (Å²) >= 11 is 0. The Labute approximate surface area is 496 Å². The summed E-state index contributed by atoms with van der Waals surface area (Å²) in [6.45, 7) is 2.49. The highest BCUT2D eigenvalue weighted by atomic mass is 16.8. The Morgan fingerprint density at radius 1 is 0.321 bits per heavy atom. The van der Waals surface area contributed by atoms with Crippen LogP contribution in [0.15, 0.2) is 212 Å². The first-order chi connectivity index (χ1) is 41.6. The van der Waals surface area contributed by atoms with E-state index in [-0.39, 0.29) is 52.2 Å². The fourth-order valence-corrected chi connectivity index (χ4v) is 10.5. The van der Waals surface area contributed by atoms with Crippen molar-refractivity contribution in [1.82, 2.24) is 0 Å². The standard InChI is InChI=1S/C71H82O13/c1-73-63(72)43-27-4-2-3-5-28-44-75-70-68(80-50-59-39-23-11-24-40-59)67(79-49-58-37-21-10-22-38-58)65(77-47-56-33-17-8-18-34-56)62(84-70)53-82-71-69(81-51-60-41-25-12-26-42-60)66(78-48-57-35-19-9-20-36-57)64(76-46-55-31-15-7-16-32-55)61(83-71)52-74-45-54-29-13-6-14-30-54/h6-26,29-42,61-62,64-71H,2-5,27-28,43-53H2,1H3/t61-,62-,64-,65-,66+,67+,68+,69+,70-,71-/m1/s1. The molecule has 2 aliphatic heterocycles. The average Bonchev–Trinajstić information content (AvgIpc) is 3.44. The van der Waals surface area contributed by atoms with E-state index in [1.165, 1.54) is 7.11 Å². The quantitative estimate of drug-likeness (QED) is 0.0276. The predicted molar refractivity (Wildman–Crippen MR) is 320 cm³/mol. The largest absolute Gasteiger partial charge is 0.469 e. The summed E-state index contributed by atoms with van der Waals surface area (Å²) in [5, 5.41) is 0. The molecule has 0 bridgehead atoms. The van der Waals surface area contributed by atoms with Crippen LogP contribution in [0.4, 0.5) is 0 Å². The van der Waals surface area contributed by atoms with Crippen LogP contribution in [0, 0.1) is 0 Å². The van der Waals surface area contributed by atoms with Crippen LogP contribution in [-0.2, 0) is 108 Å². The summed E-state index contributed by atoms with van der Waals surface area (Å²) in [7, 11) is 1.43. The maximum Gasteiger partial charge on any atom is 0.305 e. The number of ether oxygens (including phenoxy) is 12. The number of hydrogen-bond donors (Lipinski definition) is 0. The highest BCUT2D eigenvalue weighted by molar-refractivity contribution is 5.69. The zero-order valence-electron chi connectivity index (χ0n) is 48.3. The second-order valence-electron chi connectivity index (χ2n) is 21.3. The minimum absolute atomic E-state index is 0.0319. The van der Waals surface area contributed by atoms with Gasteiger partial charge >= 0.3 is 5.97 Å². The molecular weight excluding hydrogens is 1060 g/mol. The fraction of sp³-hybridized carbons (Fsp3) is 0.394. The molecule has 2 saturated heterocycles. The van der Waals surface area contributed by atoms with Crippen molar-refractivity contribution in [3.8, 4) is 0 Å². The number of hydrogen-bond acceptors (Lipinski definition) is 13. The molecule has 10 atom stereocenters. The molecule has 444 valence electrons. The van der Waals surface area contributed by atoms with Gasteiger partial charge in [-0.25, -0.2) is 0 Å². The molecule has 0 N–H and O–H groups in total. The van der Waals surface area contributed by atoms with Gasteiger partial charge in [0.25, 0.3) is 0 Å². The van der Waals surface area contributed by atoms with Crippen LogP contribution >= 0.6 is 0 Å². The molecule has 84 heavy (non-hydrogen) atoms. The summed E-state index contributed by atoms with van der Waals surface area (Å²) in [6, 6.07) is 70.6. The van der Waals surface area contributed by atoms with Crippen molar-refractivity contribution in [2.75, 3.05) is 26.9 Å². The Balaban J connectivity index is 1.04. The van der Waals surface area contributed by atoms with Gasteiger partial charge in [-0.2, -0.15) is 0 Å². The van der Waals surface area contributed by atoms with Crippen LogP contribution in [0.3, 0.4) is 0 Å². The van der Waals surface area contributed by atoms with Crippen molar-refractivity contribution in [1.29, 1.82) is 0 Å². The summed E-state index contributed by atoms with van der Waals surface area (Å²) in [6.07, 6.45) is -1.89. The van der Waals surface area contributed by atoms with Gasteiger partial charge < -0.3 is 56.8 Å². The van der Waals surface area contributed by atoms with Gasteiger partial charge in [0.15, 0.2) is 12.6 Å².